The largest absolute Gasteiger partial charge is 0.480 e. The number of carboxylic acid groups (broad SMARTS) is 1. The number of carbonyl (C=O) groups is 2. The van der Waals surface area contributed by atoms with E-state index in [-0.39, 0.29) is 16.6 Å². The number of aliphatic carboxylic acids is 1. The van der Waals surface area contributed by atoms with Crippen molar-refractivity contribution in [1.82, 2.24) is 15.3 Å². The summed E-state index contributed by atoms with van der Waals surface area (Å²) in [7, 11) is 0. The van der Waals surface area contributed by atoms with Crippen LogP contribution in [0.25, 0.3) is 0 Å². The van der Waals surface area contributed by atoms with E-state index in [1.807, 2.05) is 13.8 Å². The van der Waals surface area contributed by atoms with Crippen molar-refractivity contribution in [2.75, 3.05) is 0 Å². The third kappa shape index (κ3) is 3.40. The van der Waals surface area contributed by atoms with Crippen LogP contribution in [0.1, 0.15) is 43.0 Å². The van der Waals surface area contributed by atoms with Crippen LogP contribution in [-0.2, 0) is 4.79 Å². The van der Waals surface area contributed by atoms with E-state index >= 15 is 0 Å². The predicted octanol–water partition coefficient (Wildman–Crippen LogP) is 1.46. The molecule has 0 spiro atoms. The molecule has 1 amide bonds. The summed E-state index contributed by atoms with van der Waals surface area (Å²) in [5.41, 5.74) is -0.0107. The Balaban J connectivity index is 2.98. The zero-order valence-electron chi connectivity index (χ0n) is 10.3. The first-order valence-electron chi connectivity index (χ1n) is 5.39. The van der Waals surface area contributed by atoms with Gasteiger partial charge in [-0.15, -0.1) is 0 Å². The molecule has 0 saturated heterocycles. The Morgan fingerprint density at radius 3 is 2.50 bits per heavy atom. The van der Waals surface area contributed by atoms with E-state index in [1.54, 1.807) is 0 Å². The normalized spacial score (nSPS) is 12.3. The second-order valence-corrected chi connectivity index (χ2v) is 4.52. The van der Waals surface area contributed by atoms with Crippen LogP contribution in [0.4, 0.5) is 0 Å². The molecule has 0 fully saturated rings. The molecule has 18 heavy (non-hydrogen) atoms. The third-order valence-electron chi connectivity index (χ3n) is 2.21. The predicted molar refractivity (Wildman–Crippen MR) is 65.7 cm³/mol. The van der Waals surface area contributed by atoms with E-state index < -0.39 is 17.9 Å². The summed E-state index contributed by atoms with van der Waals surface area (Å²) in [5, 5.41) is 11.1. The molecule has 0 aliphatic heterocycles. The number of rotatable bonds is 4. The molecule has 0 aromatic carbocycles. The zero-order valence-corrected chi connectivity index (χ0v) is 11.0. The van der Waals surface area contributed by atoms with E-state index in [1.165, 1.54) is 13.1 Å². The number of hydrogen-bond donors (Lipinski definition) is 2. The number of aromatic nitrogens is 2. The van der Waals surface area contributed by atoms with Gasteiger partial charge in [-0.3, -0.25) is 9.59 Å². The first kappa shape index (κ1) is 14.4. The van der Waals surface area contributed by atoms with Crippen molar-refractivity contribution < 1.29 is 14.7 Å². The van der Waals surface area contributed by atoms with Crippen molar-refractivity contribution in [3.63, 3.8) is 0 Å². The minimum Gasteiger partial charge on any atom is -0.480 e. The average Bonchev–Trinajstić information content (AvgIpc) is 2.28. The lowest BCUT2D eigenvalue weighted by Gasteiger charge is -2.11. The van der Waals surface area contributed by atoms with Crippen LogP contribution in [0.3, 0.4) is 0 Å². The van der Waals surface area contributed by atoms with Crippen molar-refractivity contribution in [2.24, 2.45) is 0 Å². The van der Waals surface area contributed by atoms with Gasteiger partial charge in [-0.2, -0.15) is 0 Å². The highest BCUT2D eigenvalue weighted by Crippen LogP contribution is 2.16. The van der Waals surface area contributed by atoms with Gasteiger partial charge >= 0.3 is 5.97 Å². The summed E-state index contributed by atoms with van der Waals surface area (Å²) >= 11 is 5.83. The van der Waals surface area contributed by atoms with Gasteiger partial charge < -0.3 is 10.4 Å². The van der Waals surface area contributed by atoms with Crippen LogP contribution in [0.5, 0.6) is 0 Å². The monoisotopic (exact) mass is 271 g/mol. The first-order valence-corrected chi connectivity index (χ1v) is 5.76. The van der Waals surface area contributed by atoms with Crippen molar-refractivity contribution in [2.45, 2.75) is 32.7 Å². The summed E-state index contributed by atoms with van der Waals surface area (Å²) in [6.07, 6.45) is 1.34. The molecule has 0 saturated carbocycles. The van der Waals surface area contributed by atoms with Crippen molar-refractivity contribution in [3.8, 4) is 0 Å². The fourth-order valence-electron chi connectivity index (χ4n) is 1.14. The maximum absolute atomic E-state index is 11.8. The smallest absolute Gasteiger partial charge is 0.325 e. The fraction of sp³-hybridized carbons (Fsp3) is 0.455. The molecular weight excluding hydrogens is 258 g/mol. The van der Waals surface area contributed by atoms with Crippen molar-refractivity contribution in [3.05, 3.63) is 22.7 Å². The number of halogens is 1. The Morgan fingerprint density at radius 1 is 1.39 bits per heavy atom. The molecule has 1 aromatic rings. The molecule has 6 nitrogen and oxygen atoms in total. The van der Waals surface area contributed by atoms with E-state index in [2.05, 4.69) is 15.3 Å². The van der Waals surface area contributed by atoms with Gasteiger partial charge in [0, 0.05) is 5.92 Å². The summed E-state index contributed by atoms with van der Waals surface area (Å²) < 4.78 is 0. The summed E-state index contributed by atoms with van der Waals surface area (Å²) in [6, 6.07) is -1.01. The average molecular weight is 272 g/mol. The molecule has 0 radical (unpaired) electrons. The molecule has 1 aromatic heterocycles. The van der Waals surface area contributed by atoms with Gasteiger partial charge in [0.25, 0.3) is 5.91 Å². The number of amides is 1. The van der Waals surface area contributed by atoms with E-state index in [4.69, 9.17) is 16.7 Å². The lowest BCUT2D eigenvalue weighted by molar-refractivity contribution is -0.138. The number of nitrogens with zero attached hydrogens (tertiary/aromatic N) is 2. The number of carbonyl (C=O) groups excluding carboxylic acids is 1. The Morgan fingerprint density at radius 2 is 2.00 bits per heavy atom. The van der Waals surface area contributed by atoms with Crippen LogP contribution in [-0.4, -0.2) is 33.0 Å². The van der Waals surface area contributed by atoms with Crippen LogP contribution in [0.2, 0.25) is 5.02 Å². The maximum atomic E-state index is 11.8. The molecule has 1 atom stereocenters. The van der Waals surface area contributed by atoms with Crippen LogP contribution in [0, 0.1) is 0 Å². The Bertz CT molecular complexity index is 477. The number of hydrogen-bond acceptors (Lipinski definition) is 4. The summed E-state index contributed by atoms with van der Waals surface area (Å²) in [5.74, 6) is -1.23. The molecule has 0 aliphatic rings. The van der Waals surface area contributed by atoms with E-state index in [0.29, 0.717) is 5.82 Å². The fourth-order valence-corrected chi connectivity index (χ4v) is 1.32. The van der Waals surface area contributed by atoms with Crippen LogP contribution < -0.4 is 5.32 Å². The van der Waals surface area contributed by atoms with Crippen molar-refractivity contribution >= 4 is 23.5 Å². The molecule has 1 unspecified atom stereocenters. The standard InChI is InChI=1S/C11H14ClN3O3/c1-5(2)9-13-4-7(12)8(15-9)10(16)14-6(3)11(17)18/h4-6H,1-3H3,(H,14,16)(H,17,18). The molecule has 2 N–H and O–H groups in total. The van der Waals surface area contributed by atoms with Gasteiger partial charge in [-0.25, -0.2) is 9.97 Å². The highest BCUT2D eigenvalue weighted by Gasteiger charge is 2.20. The molecule has 1 rings (SSSR count). The van der Waals surface area contributed by atoms with Gasteiger partial charge in [0.15, 0.2) is 0 Å². The number of nitrogens with one attached hydrogen (secondary N) is 1. The maximum Gasteiger partial charge on any atom is 0.325 e. The summed E-state index contributed by atoms with van der Waals surface area (Å²) in [6.45, 7) is 5.12. The second-order valence-electron chi connectivity index (χ2n) is 4.11. The quantitative estimate of drug-likeness (QED) is 0.865. The molecule has 0 aliphatic carbocycles. The zero-order chi connectivity index (χ0) is 13.9. The third-order valence-corrected chi connectivity index (χ3v) is 2.49. The Labute approximate surface area is 109 Å². The first-order chi connectivity index (χ1) is 8.32. The lowest BCUT2D eigenvalue weighted by atomic mass is 10.2. The minimum absolute atomic E-state index is 0.0107. The van der Waals surface area contributed by atoms with Gasteiger partial charge in [-0.1, -0.05) is 25.4 Å². The molecule has 98 valence electrons. The van der Waals surface area contributed by atoms with Gasteiger partial charge in [0.1, 0.15) is 17.6 Å². The minimum atomic E-state index is -1.13. The number of carboxylic acids is 1. The molecule has 0 bridgehead atoms. The van der Waals surface area contributed by atoms with Gasteiger partial charge in [0.05, 0.1) is 11.2 Å². The van der Waals surface area contributed by atoms with E-state index in [9.17, 15) is 9.59 Å². The second kappa shape index (κ2) is 5.77. The van der Waals surface area contributed by atoms with Crippen molar-refractivity contribution in [1.29, 1.82) is 0 Å². The highest BCUT2D eigenvalue weighted by atomic mass is 35.5. The Hall–Kier alpha value is -1.69. The lowest BCUT2D eigenvalue weighted by Crippen LogP contribution is -2.39. The molecule has 1 heterocycles. The highest BCUT2D eigenvalue weighted by molar-refractivity contribution is 6.33. The SMILES string of the molecule is CC(NC(=O)c1nc(C(C)C)ncc1Cl)C(=O)O. The van der Waals surface area contributed by atoms with Crippen LogP contribution in [0.15, 0.2) is 6.20 Å². The van der Waals surface area contributed by atoms with Crippen LogP contribution >= 0.6 is 11.6 Å². The van der Waals surface area contributed by atoms with Gasteiger partial charge in [-0.05, 0) is 6.92 Å². The summed E-state index contributed by atoms with van der Waals surface area (Å²) in [4.78, 5) is 30.5. The molecule has 7 heteroatoms. The van der Waals surface area contributed by atoms with Gasteiger partial charge in [0.2, 0.25) is 0 Å². The Kier molecular flexibility index (Phi) is 4.61. The molecular formula is C11H14ClN3O3. The topological polar surface area (TPSA) is 92.2 Å². The van der Waals surface area contributed by atoms with E-state index in [0.717, 1.165) is 0 Å².